The van der Waals surface area contributed by atoms with Gasteiger partial charge in [-0.25, -0.2) is 13.1 Å². The number of fused-ring (bicyclic) bond motifs is 2. The van der Waals surface area contributed by atoms with Gasteiger partial charge in [-0.3, -0.25) is 4.98 Å². The van der Waals surface area contributed by atoms with Crippen molar-refractivity contribution in [3.8, 4) is 0 Å². The maximum Gasteiger partial charge on any atom is 0.240 e. The van der Waals surface area contributed by atoms with Crippen LogP contribution >= 0.6 is 12.4 Å². The molecule has 31 heavy (non-hydrogen) atoms. The first-order chi connectivity index (χ1) is 14.4. The molecule has 0 aliphatic carbocycles. The Morgan fingerprint density at radius 2 is 1.90 bits per heavy atom. The zero-order chi connectivity index (χ0) is 21.1. The lowest BCUT2D eigenvalue weighted by Gasteiger charge is -2.17. The molecule has 9 heteroatoms. The minimum Gasteiger partial charge on any atom is -0.387 e. The van der Waals surface area contributed by atoms with Gasteiger partial charge in [0.05, 0.1) is 11.0 Å². The lowest BCUT2D eigenvalue weighted by atomic mass is 10.1. The highest BCUT2D eigenvalue weighted by atomic mass is 35.5. The standard InChI is InChI=1S/C22H24N4O3S.ClH/c1-15(11-24-14-22(27)20-13-25-21-5-3-2-4-19(20)21)26-30(28,29)18-7-6-17-12-23-9-8-16(17)10-18;/h2-10,12-13,15,22,24-27H,11,14H2,1H3;1H/t15-,22?;/m1./s1. The van der Waals surface area contributed by atoms with Crippen molar-refractivity contribution in [2.75, 3.05) is 13.1 Å². The normalized spacial score (nSPS) is 13.7. The average Bonchev–Trinajstić information content (AvgIpc) is 3.17. The summed E-state index contributed by atoms with van der Waals surface area (Å²) in [6.07, 6.45) is 4.44. The number of aliphatic hydroxyl groups excluding tert-OH is 1. The number of pyridine rings is 1. The van der Waals surface area contributed by atoms with Crippen LogP contribution in [0.25, 0.3) is 21.7 Å². The van der Waals surface area contributed by atoms with Gasteiger partial charge < -0.3 is 15.4 Å². The van der Waals surface area contributed by atoms with E-state index in [0.29, 0.717) is 13.1 Å². The van der Waals surface area contributed by atoms with Gasteiger partial charge in [0.25, 0.3) is 0 Å². The maximum absolute atomic E-state index is 12.7. The number of H-pyrrole nitrogens is 1. The molecule has 1 unspecified atom stereocenters. The molecule has 164 valence electrons. The SMILES string of the molecule is C[C@H](CNCC(O)c1c[nH]c2ccccc12)NS(=O)(=O)c1ccc2cnccc2c1.Cl. The van der Waals surface area contributed by atoms with Gasteiger partial charge >= 0.3 is 0 Å². The first-order valence-electron chi connectivity index (χ1n) is 9.75. The highest BCUT2D eigenvalue weighted by Gasteiger charge is 2.18. The third kappa shape index (κ3) is 5.23. The van der Waals surface area contributed by atoms with Crippen molar-refractivity contribution in [1.82, 2.24) is 20.0 Å². The second-order valence-corrected chi connectivity index (χ2v) is 9.08. The van der Waals surface area contributed by atoms with E-state index < -0.39 is 16.1 Å². The molecule has 0 spiro atoms. The van der Waals surface area contributed by atoms with Crippen LogP contribution in [-0.2, 0) is 10.0 Å². The predicted octanol–water partition coefficient (Wildman–Crippen LogP) is 3.13. The van der Waals surface area contributed by atoms with Gasteiger partial charge in [0.2, 0.25) is 10.0 Å². The Balaban J connectivity index is 0.00000272. The molecule has 4 aromatic rings. The third-order valence-corrected chi connectivity index (χ3v) is 6.63. The van der Waals surface area contributed by atoms with E-state index in [9.17, 15) is 13.5 Å². The van der Waals surface area contributed by atoms with Crippen LogP contribution in [0.2, 0.25) is 0 Å². The topological polar surface area (TPSA) is 107 Å². The molecule has 4 rings (SSSR count). The Hall–Kier alpha value is -2.49. The third-order valence-electron chi connectivity index (χ3n) is 5.05. The van der Waals surface area contributed by atoms with Crippen molar-refractivity contribution < 1.29 is 13.5 Å². The van der Waals surface area contributed by atoms with Crippen molar-refractivity contribution in [2.45, 2.75) is 24.0 Å². The van der Waals surface area contributed by atoms with Crippen molar-refractivity contribution in [3.63, 3.8) is 0 Å². The molecule has 2 aromatic heterocycles. The second-order valence-electron chi connectivity index (χ2n) is 7.37. The molecule has 2 aromatic carbocycles. The van der Waals surface area contributed by atoms with Crippen molar-refractivity contribution in [3.05, 3.63) is 72.7 Å². The lowest BCUT2D eigenvalue weighted by Crippen LogP contribution is -2.40. The molecule has 0 saturated carbocycles. The number of aromatic amines is 1. The fourth-order valence-electron chi connectivity index (χ4n) is 3.52. The Labute approximate surface area is 187 Å². The summed E-state index contributed by atoms with van der Waals surface area (Å²) in [6.45, 7) is 2.49. The summed E-state index contributed by atoms with van der Waals surface area (Å²) in [5, 5.41) is 16.3. The van der Waals surface area contributed by atoms with Gasteiger partial charge in [0, 0.05) is 59.6 Å². The van der Waals surface area contributed by atoms with Gasteiger partial charge in [-0.2, -0.15) is 0 Å². The molecule has 0 aliphatic rings. The summed E-state index contributed by atoms with van der Waals surface area (Å²) >= 11 is 0. The highest BCUT2D eigenvalue weighted by Crippen LogP contribution is 2.23. The van der Waals surface area contributed by atoms with Gasteiger partial charge in [-0.05, 0) is 36.6 Å². The summed E-state index contributed by atoms with van der Waals surface area (Å²) < 4.78 is 28.1. The number of hydrogen-bond donors (Lipinski definition) is 4. The van der Waals surface area contributed by atoms with E-state index >= 15 is 0 Å². The number of nitrogens with one attached hydrogen (secondary N) is 3. The number of sulfonamides is 1. The Bertz CT molecular complexity index is 1280. The number of nitrogens with zero attached hydrogens (tertiary/aromatic N) is 1. The molecular formula is C22H25ClN4O3S. The molecule has 0 radical (unpaired) electrons. The van der Waals surface area contributed by atoms with Crippen molar-refractivity contribution in [2.24, 2.45) is 0 Å². The van der Waals surface area contributed by atoms with Gasteiger partial charge in [0.1, 0.15) is 0 Å². The number of benzene rings is 2. The van der Waals surface area contributed by atoms with Crippen LogP contribution in [0, 0.1) is 0 Å². The van der Waals surface area contributed by atoms with Crippen LogP contribution in [0.4, 0.5) is 0 Å². The number of halogens is 1. The summed E-state index contributed by atoms with van der Waals surface area (Å²) in [4.78, 5) is 7.40. The molecule has 0 saturated heterocycles. The largest absolute Gasteiger partial charge is 0.387 e. The van der Waals surface area contributed by atoms with Crippen LogP contribution in [-0.4, -0.2) is 42.6 Å². The molecule has 0 amide bonds. The van der Waals surface area contributed by atoms with Crippen LogP contribution in [0.1, 0.15) is 18.6 Å². The van der Waals surface area contributed by atoms with Gasteiger partial charge in [-0.1, -0.05) is 24.3 Å². The van der Waals surface area contributed by atoms with E-state index in [2.05, 4.69) is 20.0 Å². The zero-order valence-corrected chi connectivity index (χ0v) is 18.6. The van der Waals surface area contributed by atoms with Crippen LogP contribution in [0.3, 0.4) is 0 Å². The second kappa shape index (κ2) is 9.76. The monoisotopic (exact) mass is 460 g/mol. The number of hydrogen-bond acceptors (Lipinski definition) is 5. The van der Waals surface area contributed by atoms with E-state index in [1.54, 1.807) is 49.8 Å². The quantitative estimate of drug-likeness (QED) is 0.323. The zero-order valence-electron chi connectivity index (χ0n) is 16.9. The highest BCUT2D eigenvalue weighted by molar-refractivity contribution is 7.89. The molecule has 0 bridgehead atoms. The predicted molar refractivity (Wildman–Crippen MR) is 125 cm³/mol. The Morgan fingerprint density at radius 3 is 2.74 bits per heavy atom. The summed E-state index contributed by atoms with van der Waals surface area (Å²) in [6, 6.07) is 14.2. The minimum atomic E-state index is -3.65. The number of aliphatic hydroxyl groups is 1. The van der Waals surface area contributed by atoms with E-state index in [4.69, 9.17) is 0 Å². The maximum atomic E-state index is 12.7. The van der Waals surface area contributed by atoms with E-state index in [-0.39, 0.29) is 23.3 Å². The molecule has 0 fully saturated rings. The van der Waals surface area contributed by atoms with Crippen LogP contribution in [0.15, 0.2) is 72.0 Å². The average molecular weight is 461 g/mol. The molecule has 0 aliphatic heterocycles. The molecule has 2 atom stereocenters. The van der Waals surface area contributed by atoms with Crippen molar-refractivity contribution >= 4 is 44.1 Å². The first-order valence-corrected chi connectivity index (χ1v) is 11.2. The van der Waals surface area contributed by atoms with Gasteiger partial charge in [-0.15, -0.1) is 12.4 Å². The van der Waals surface area contributed by atoms with E-state index in [1.165, 1.54) is 0 Å². The molecular weight excluding hydrogens is 436 g/mol. The Kier molecular flexibility index (Phi) is 7.30. The lowest BCUT2D eigenvalue weighted by molar-refractivity contribution is 0.175. The molecule has 2 heterocycles. The summed E-state index contributed by atoms with van der Waals surface area (Å²) in [7, 11) is -3.65. The number of aromatic nitrogens is 2. The number of rotatable bonds is 8. The van der Waals surface area contributed by atoms with E-state index in [0.717, 1.165) is 27.2 Å². The fourth-order valence-corrected chi connectivity index (χ4v) is 4.80. The summed E-state index contributed by atoms with van der Waals surface area (Å²) in [5.74, 6) is 0. The fraction of sp³-hybridized carbons (Fsp3) is 0.227. The van der Waals surface area contributed by atoms with Crippen molar-refractivity contribution in [1.29, 1.82) is 0 Å². The minimum absolute atomic E-state index is 0. The Morgan fingerprint density at radius 1 is 1.10 bits per heavy atom. The smallest absolute Gasteiger partial charge is 0.240 e. The first kappa shape index (κ1) is 23.2. The summed E-state index contributed by atoms with van der Waals surface area (Å²) in [5.41, 5.74) is 1.79. The molecule has 4 N–H and O–H groups in total. The van der Waals surface area contributed by atoms with Gasteiger partial charge in [0.15, 0.2) is 0 Å². The number of para-hydroxylation sites is 1. The van der Waals surface area contributed by atoms with E-state index in [1.807, 2.05) is 24.3 Å². The van der Waals surface area contributed by atoms with Crippen LogP contribution < -0.4 is 10.0 Å². The van der Waals surface area contributed by atoms with Crippen LogP contribution in [0.5, 0.6) is 0 Å². The molecule has 7 nitrogen and oxygen atoms in total.